The Morgan fingerprint density at radius 2 is 1.64 bits per heavy atom. The average Bonchev–Trinajstić information content (AvgIpc) is 2.89. The highest BCUT2D eigenvalue weighted by Crippen LogP contribution is 2.39. The van der Waals surface area contributed by atoms with Gasteiger partial charge in [-0.15, -0.1) is 0 Å². The van der Waals surface area contributed by atoms with Crippen molar-refractivity contribution in [2.75, 3.05) is 13.7 Å². The van der Waals surface area contributed by atoms with Gasteiger partial charge in [-0.1, -0.05) is 60.1 Å². The summed E-state index contributed by atoms with van der Waals surface area (Å²) in [4.78, 5) is 28.2. The number of nitrogens with one attached hydrogen (secondary N) is 1. The van der Waals surface area contributed by atoms with Crippen LogP contribution in [0.2, 0.25) is 5.02 Å². The summed E-state index contributed by atoms with van der Waals surface area (Å²) >= 11 is 5.88. The van der Waals surface area contributed by atoms with E-state index in [9.17, 15) is 9.59 Å². The highest BCUT2D eigenvalue weighted by atomic mass is 35.5. The van der Waals surface area contributed by atoms with Crippen molar-refractivity contribution in [1.82, 2.24) is 10.3 Å². The summed E-state index contributed by atoms with van der Waals surface area (Å²) in [5, 5.41) is 4.18. The fourth-order valence-corrected chi connectivity index (χ4v) is 4.04. The van der Waals surface area contributed by atoms with Crippen LogP contribution in [-0.2, 0) is 28.3 Å². The van der Waals surface area contributed by atoms with Gasteiger partial charge in [-0.25, -0.2) is 0 Å². The molecule has 3 aromatic carbocycles. The number of fused-ring (bicyclic) bond motifs is 1. The molecule has 5 nitrogen and oxygen atoms in total. The van der Waals surface area contributed by atoms with Gasteiger partial charge in [0.2, 0.25) is 0 Å². The van der Waals surface area contributed by atoms with Gasteiger partial charge in [0.25, 0.3) is 5.91 Å². The molecule has 36 heavy (non-hydrogen) atoms. The van der Waals surface area contributed by atoms with Crippen molar-refractivity contribution in [2.45, 2.75) is 18.8 Å². The van der Waals surface area contributed by atoms with Crippen molar-refractivity contribution >= 4 is 34.2 Å². The van der Waals surface area contributed by atoms with Crippen molar-refractivity contribution in [3.8, 4) is 0 Å². The number of methoxy groups -OCH3 is 1. The van der Waals surface area contributed by atoms with E-state index in [1.54, 1.807) is 36.4 Å². The van der Waals surface area contributed by atoms with Gasteiger partial charge in [-0.2, -0.15) is 8.78 Å². The lowest BCUT2D eigenvalue weighted by atomic mass is 9.96. The van der Waals surface area contributed by atoms with Crippen LogP contribution in [0.15, 0.2) is 79.0 Å². The molecule has 1 N–H and O–H groups in total. The number of aromatic nitrogens is 1. The minimum atomic E-state index is -3.42. The highest BCUT2D eigenvalue weighted by molar-refractivity contribution is 6.30. The summed E-state index contributed by atoms with van der Waals surface area (Å²) in [6, 6.07) is 19.1. The molecule has 0 saturated carbocycles. The number of hydrogen-bond donors (Lipinski definition) is 1. The number of alkyl halides is 2. The van der Waals surface area contributed by atoms with Crippen molar-refractivity contribution in [3.05, 3.63) is 112 Å². The summed E-state index contributed by atoms with van der Waals surface area (Å²) < 4.78 is 35.8. The van der Waals surface area contributed by atoms with Crippen LogP contribution in [0.1, 0.15) is 32.7 Å². The van der Waals surface area contributed by atoms with Crippen LogP contribution < -0.4 is 5.32 Å². The number of rotatable bonds is 8. The van der Waals surface area contributed by atoms with Gasteiger partial charge >= 0.3 is 11.9 Å². The molecular formula is C28H23ClF2N2O3. The van der Waals surface area contributed by atoms with E-state index in [1.165, 1.54) is 37.6 Å². The molecule has 0 aliphatic carbocycles. The minimum Gasteiger partial charge on any atom is -0.469 e. The van der Waals surface area contributed by atoms with Crippen LogP contribution in [-0.4, -0.2) is 30.5 Å². The lowest BCUT2D eigenvalue weighted by Gasteiger charge is -2.19. The third kappa shape index (κ3) is 5.52. The Hall–Kier alpha value is -3.84. The van der Waals surface area contributed by atoms with Gasteiger partial charge in [-0.3, -0.25) is 14.6 Å². The Morgan fingerprint density at radius 3 is 2.31 bits per heavy atom. The molecule has 8 heteroatoms. The fraction of sp³-hybridized carbons (Fsp3) is 0.179. The van der Waals surface area contributed by atoms with Crippen molar-refractivity contribution in [3.63, 3.8) is 0 Å². The number of amides is 1. The summed E-state index contributed by atoms with van der Waals surface area (Å²) in [6.45, 7) is 0.395. The summed E-state index contributed by atoms with van der Waals surface area (Å²) in [6.07, 6.45) is 1.83. The molecule has 4 aromatic rings. The monoisotopic (exact) mass is 508 g/mol. The number of carbonyl (C=O) groups is 2. The first-order valence-corrected chi connectivity index (χ1v) is 11.6. The number of nitrogens with zero attached hydrogens (tertiary/aromatic N) is 1. The first-order chi connectivity index (χ1) is 17.3. The molecular weight excluding hydrogens is 486 g/mol. The van der Waals surface area contributed by atoms with Crippen molar-refractivity contribution < 1.29 is 23.1 Å². The van der Waals surface area contributed by atoms with Gasteiger partial charge in [0, 0.05) is 34.3 Å². The predicted molar refractivity (Wildman–Crippen MR) is 134 cm³/mol. The third-order valence-corrected chi connectivity index (χ3v) is 6.11. The first-order valence-electron chi connectivity index (χ1n) is 11.2. The van der Waals surface area contributed by atoms with Gasteiger partial charge in [-0.05, 0) is 47.2 Å². The Kier molecular flexibility index (Phi) is 7.60. The molecule has 0 fully saturated rings. The molecule has 0 atom stereocenters. The number of benzene rings is 3. The molecule has 0 unspecified atom stereocenters. The van der Waals surface area contributed by atoms with Gasteiger partial charge in [0.15, 0.2) is 0 Å². The lowest BCUT2D eigenvalue weighted by Crippen LogP contribution is -2.26. The second-order valence-electron chi connectivity index (χ2n) is 8.21. The number of halogens is 3. The minimum absolute atomic E-state index is 0.0717. The molecule has 0 aliphatic rings. The standard InChI is InChI=1S/C28H23ClF2N2O3/c1-36-25(34)16-20-17-33-26(24-5-3-2-4-23(20)24)28(30,31)21-10-8-19(9-11-21)27(35)32-15-14-18-6-12-22(29)13-7-18/h2-13,17H,14-16H2,1H3,(H,32,35). The maximum Gasteiger partial charge on any atom is 0.315 e. The normalized spacial score (nSPS) is 11.3. The molecule has 0 spiro atoms. The SMILES string of the molecule is COC(=O)Cc1cnc(C(F)(F)c2ccc(C(=O)NCCc3ccc(Cl)cc3)cc2)c2ccccc12. The summed E-state index contributed by atoms with van der Waals surface area (Å²) in [5.41, 5.74) is 1.08. The van der Waals surface area contributed by atoms with Gasteiger partial charge in [0.1, 0.15) is 5.69 Å². The van der Waals surface area contributed by atoms with E-state index in [0.29, 0.717) is 28.9 Å². The molecule has 4 rings (SSSR count). The molecule has 1 amide bonds. The van der Waals surface area contributed by atoms with E-state index in [2.05, 4.69) is 10.3 Å². The Labute approximate surface area is 212 Å². The zero-order chi connectivity index (χ0) is 25.7. The number of hydrogen-bond acceptors (Lipinski definition) is 4. The van der Waals surface area contributed by atoms with Gasteiger partial charge < -0.3 is 10.1 Å². The quantitative estimate of drug-likeness (QED) is 0.309. The van der Waals surface area contributed by atoms with E-state index >= 15 is 8.78 Å². The number of pyridine rings is 1. The predicted octanol–water partition coefficient (Wildman–Crippen LogP) is 5.72. The Balaban J connectivity index is 1.51. The van der Waals surface area contributed by atoms with Crippen molar-refractivity contribution in [1.29, 1.82) is 0 Å². The number of ether oxygens (including phenoxy) is 1. The van der Waals surface area contributed by atoms with Gasteiger partial charge in [0.05, 0.1) is 13.5 Å². The highest BCUT2D eigenvalue weighted by Gasteiger charge is 2.37. The second kappa shape index (κ2) is 10.8. The maximum atomic E-state index is 15.6. The molecule has 0 bridgehead atoms. The van der Waals surface area contributed by atoms with Crippen molar-refractivity contribution in [2.24, 2.45) is 0 Å². The third-order valence-electron chi connectivity index (χ3n) is 5.86. The molecule has 1 heterocycles. The molecule has 0 radical (unpaired) electrons. The summed E-state index contributed by atoms with van der Waals surface area (Å²) in [7, 11) is 1.27. The van der Waals surface area contributed by atoms with Crippen LogP contribution in [0.4, 0.5) is 8.78 Å². The topological polar surface area (TPSA) is 68.3 Å². The lowest BCUT2D eigenvalue weighted by molar-refractivity contribution is -0.139. The Morgan fingerprint density at radius 1 is 0.972 bits per heavy atom. The molecule has 184 valence electrons. The second-order valence-corrected chi connectivity index (χ2v) is 8.65. The number of carbonyl (C=O) groups excluding carboxylic acids is 2. The Bertz CT molecular complexity index is 1390. The van der Waals surface area contributed by atoms with E-state index in [-0.39, 0.29) is 28.8 Å². The molecule has 0 saturated heterocycles. The molecule has 1 aromatic heterocycles. The van der Waals surface area contributed by atoms with Crippen LogP contribution in [0.25, 0.3) is 10.8 Å². The van der Waals surface area contributed by atoms with Crippen LogP contribution >= 0.6 is 11.6 Å². The zero-order valence-electron chi connectivity index (χ0n) is 19.4. The zero-order valence-corrected chi connectivity index (χ0v) is 20.2. The van der Waals surface area contributed by atoms with E-state index in [4.69, 9.17) is 16.3 Å². The van der Waals surface area contributed by atoms with E-state index in [1.807, 2.05) is 12.1 Å². The fourth-order valence-electron chi connectivity index (χ4n) is 3.91. The van der Waals surface area contributed by atoms with Crippen LogP contribution in [0.5, 0.6) is 0 Å². The van der Waals surface area contributed by atoms with E-state index in [0.717, 1.165) is 5.56 Å². The maximum absolute atomic E-state index is 15.6. The smallest absolute Gasteiger partial charge is 0.315 e. The first kappa shape index (κ1) is 25.3. The largest absolute Gasteiger partial charge is 0.469 e. The average molecular weight is 509 g/mol. The van der Waals surface area contributed by atoms with Crippen LogP contribution in [0.3, 0.4) is 0 Å². The number of esters is 1. The summed E-state index contributed by atoms with van der Waals surface area (Å²) in [5.74, 6) is -4.26. The van der Waals surface area contributed by atoms with Crippen LogP contribution in [0, 0.1) is 0 Å². The molecule has 0 aliphatic heterocycles. The van der Waals surface area contributed by atoms with E-state index < -0.39 is 17.6 Å².